The molecule has 2 aromatic carbocycles. The van der Waals surface area contributed by atoms with Gasteiger partial charge in [-0.15, -0.1) is 0 Å². The number of aliphatic carboxylic acids is 2. The van der Waals surface area contributed by atoms with Crippen LogP contribution in [0.1, 0.15) is 31.4 Å². The number of aliphatic imine (C=N–C) groups is 1. The number of hydrogen-bond donors (Lipinski definition) is 4. The van der Waals surface area contributed by atoms with Crippen molar-refractivity contribution >= 4 is 23.6 Å². The minimum atomic E-state index is -1.26. The predicted molar refractivity (Wildman–Crippen MR) is 124 cm³/mol. The first-order valence-electron chi connectivity index (χ1n) is 10.4. The first-order chi connectivity index (χ1) is 15.4. The van der Waals surface area contributed by atoms with E-state index >= 15 is 0 Å². The van der Waals surface area contributed by atoms with Crippen LogP contribution in [0.3, 0.4) is 0 Å². The molecule has 0 amide bonds. The van der Waals surface area contributed by atoms with Gasteiger partial charge >= 0.3 is 11.9 Å². The van der Waals surface area contributed by atoms with Gasteiger partial charge in [0.1, 0.15) is 5.75 Å². The van der Waals surface area contributed by atoms with E-state index in [1.165, 1.54) is 11.1 Å². The summed E-state index contributed by atoms with van der Waals surface area (Å²) in [7, 11) is 0. The minimum Gasteiger partial charge on any atom is -0.491 e. The molecule has 3 rings (SSSR count). The van der Waals surface area contributed by atoms with Crippen molar-refractivity contribution < 1.29 is 24.5 Å². The Morgan fingerprint density at radius 3 is 2.09 bits per heavy atom. The van der Waals surface area contributed by atoms with Gasteiger partial charge in [0.2, 0.25) is 0 Å². The van der Waals surface area contributed by atoms with Gasteiger partial charge in [-0.1, -0.05) is 31.2 Å². The van der Waals surface area contributed by atoms with E-state index in [0.29, 0.717) is 12.2 Å². The highest BCUT2D eigenvalue weighted by Crippen LogP contribution is 2.18. The molecule has 0 saturated carbocycles. The average Bonchev–Trinajstić information content (AvgIpc) is 3.28. The maximum absolute atomic E-state index is 9.55. The summed E-state index contributed by atoms with van der Waals surface area (Å²) in [6.07, 6.45) is 3.31. The Hall–Kier alpha value is -3.81. The van der Waals surface area contributed by atoms with E-state index in [9.17, 15) is 9.59 Å². The number of benzene rings is 2. The molecule has 0 saturated heterocycles. The van der Waals surface area contributed by atoms with Gasteiger partial charge < -0.3 is 25.6 Å². The number of anilines is 1. The molecular formula is C24H29N3O5. The van der Waals surface area contributed by atoms with Crippen LogP contribution in [-0.2, 0) is 16.0 Å². The zero-order valence-electron chi connectivity index (χ0n) is 18.2. The van der Waals surface area contributed by atoms with Gasteiger partial charge in [-0.05, 0) is 55.2 Å². The maximum atomic E-state index is 9.55. The number of nitrogens with zero attached hydrogens (tertiary/aromatic N) is 1. The SMILES string of the molecule is CC[C@@H](C)Oc1ccc(Cc2ccc(NC3=NCCN3)cc2)cc1.O=C(O)/C=C\C(=O)O. The lowest BCUT2D eigenvalue weighted by atomic mass is 10.0. The third-order valence-electron chi connectivity index (χ3n) is 4.50. The van der Waals surface area contributed by atoms with Crippen molar-refractivity contribution in [2.45, 2.75) is 32.8 Å². The Balaban J connectivity index is 0.000000390. The van der Waals surface area contributed by atoms with Crippen LogP contribution in [-0.4, -0.2) is 47.3 Å². The molecule has 8 heteroatoms. The van der Waals surface area contributed by atoms with Crippen molar-refractivity contribution in [2.24, 2.45) is 4.99 Å². The molecule has 170 valence electrons. The van der Waals surface area contributed by atoms with Crippen molar-refractivity contribution in [2.75, 3.05) is 18.4 Å². The molecule has 1 atom stereocenters. The molecule has 1 heterocycles. The van der Waals surface area contributed by atoms with E-state index in [2.05, 4.69) is 78.0 Å². The smallest absolute Gasteiger partial charge is 0.328 e. The number of carbonyl (C=O) groups is 2. The minimum absolute atomic E-state index is 0.259. The maximum Gasteiger partial charge on any atom is 0.328 e. The van der Waals surface area contributed by atoms with Gasteiger partial charge in [0.15, 0.2) is 5.96 Å². The summed E-state index contributed by atoms with van der Waals surface area (Å²) in [6.45, 7) is 5.98. The quantitative estimate of drug-likeness (QED) is 0.464. The molecule has 8 nitrogen and oxygen atoms in total. The number of guanidine groups is 1. The number of carboxylic acids is 2. The molecule has 0 radical (unpaired) electrons. The van der Waals surface area contributed by atoms with E-state index in [-0.39, 0.29) is 6.10 Å². The Bertz CT molecular complexity index is 921. The van der Waals surface area contributed by atoms with Crippen molar-refractivity contribution in [3.8, 4) is 5.75 Å². The van der Waals surface area contributed by atoms with Crippen molar-refractivity contribution in [3.63, 3.8) is 0 Å². The van der Waals surface area contributed by atoms with Gasteiger partial charge in [0, 0.05) is 24.4 Å². The molecule has 0 bridgehead atoms. The number of nitrogens with one attached hydrogen (secondary N) is 2. The summed E-state index contributed by atoms with van der Waals surface area (Å²) in [5.41, 5.74) is 3.63. The monoisotopic (exact) mass is 439 g/mol. The molecule has 0 spiro atoms. The molecule has 2 aromatic rings. The van der Waals surface area contributed by atoms with Gasteiger partial charge in [0.25, 0.3) is 0 Å². The van der Waals surface area contributed by atoms with Crippen LogP contribution in [0.5, 0.6) is 5.75 Å². The highest BCUT2D eigenvalue weighted by atomic mass is 16.5. The van der Waals surface area contributed by atoms with Gasteiger partial charge in [-0.3, -0.25) is 4.99 Å². The molecule has 0 aliphatic carbocycles. The Labute approximate surface area is 187 Å². The zero-order valence-corrected chi connectivity index (χ0v) is 18.2. The van der Waals surface area contributed by atoms with Gasteiger partial charge in [0.05, 0.1) is 12.6 Å². The fourth-order valence-electron chi connectivity index (χ4n) is 2.70. The van der Waals surface area contributed by atoms with Crippen LogP contribution in [0.2, 0.25) is 0 Å². The molecule has 0 aromatic heterocycles. The summed E-state index contributed by atoms with van der Waals surface area (Å²) in [5, 5.41) is 22.1. The van der Waals surface area contributed by atoms with Crippen LogP contribution in [0.25, 0.3) is 0 Å². The largest absolute Gasteiger partial charge is 0.491 e. The Morgan fingerprint density at radius 2 is 1.62 bits per heavy atom. The second kappa shape index (κ2) is 12.8. The third-order valence-corrected chi connectivity index (χ3v) is 4.50. The predicted octanol–water partition coefficient (Wildman–Crippen LogP) is 3.54. The molecule has 4 N–H and O–H groups in total. The van der Waals surface area contributed by atoms with E-state index in [1.54, 1.807) is 0 Å². The highest BCUT2D eigenvalue weighted by molar-refractivity contribution is 5.94. The fourth-order valence-corrected chi connectivity index (χ4v) is 2.70. The van der Waals surface area contributed by atoms with E-state index in [1.807, 2.05) is 0 Å². The van der Waals surface area contributed by atoms with Gasteiger partial charge in [-0.2, -0.15) is 0 Å². The molecule has 1 aliphatic heterocycles. The van der Waals surface area contributed by atoms with Crippen molar-refractivity contribution in [1.29, 1.82) is 0 Å². The van der Waals surface area contributed by atoms with Crippen LogP contribution in [0.15, 0.2) is 65.7 Å². The first kappa shape index (κ1) is 24.5. The van der Waals surface area contributed by atoms with E-state index in [4.69, 9.17) is 14.9 Å². The molecule has 0 unspecified atom stereocenters. The molecule has 32 heavy (non-hydrogen) atoms. The number of hydrogen-bond acceptors (Lipinski definition) is 6. The number of ether oxygens (including phenoxy) is 1. The second-order valence-electron chi connectivity index (χ2n) is 7.15. The lowest BCUT2D eigenvalue weighted by Gasteiger charge is -2.13. The third kappa shape index (κ3) is 9.34. The molecule has 1 aliphatic rings. The van der Waals surface area contributed by atoms with Gasteiger partial charge in [-0.25, -0.2) is 9.59 Å². The number of carboxylic acid groups (broad SMARTS) is 2. The van der Waals surface area contributed by atoms with E-state index in [0.717, 1.165) is 43.3 Å². The second-order valence-corrected chi connectivity index (χ2v) is 7.15. The number of rotatable bonds is 8. The van der Waals surface area contributed by atoms with Crippen LogP contribution in [0, 0.1) is 0 Å². The standard InChI is InChI=1S/C20H25N3O.C4H4O4/c1-3-15(2)24-19-10-6-17(7-11-19)14-16-4-8-18(9-5-16)23-20-21-12-13-22-20;5-3(6)1-2-4(7)8/h4-11,15H,3,12-14H2,1-2H3,(H2,21,22,23);1-2H,(H,5,6)(H,7,8)/b;2-1-/t15-;/m1./s1. The summed E-state index contributed by atoms with van der Waals surface area (Å²) in [5.74, 6) is -0.711. The zero-order chi connectivity index (χ0) is 23.3. The lowest BCUT2D eigenvalue weighted by molar-refractivity contribution is -0.134. The highest BCUT2D eigenvalue weighted by Gasteiger charge is 2.05. The first-order valence-corrected chi connectivity index (χ1v) is 10.4. The Morgan fingerprint density at radius 1 is 1.06 bits per heavy atom. The average molecular weight is 440 g/mol. The van der Waals surface area contributed by atoms with Crippen LogP contribution < -0.4 is 15.4 Å². The summed E-state index contributed by atoms with van der Waals surface area (Å²) >= 11 is 0. The summed E-state index contributed by atoms with van der Waals surface area (Å²) < 4.78 is 5.82. The van der Waals surface area contributed by atoms with Crippen LogP contribution >= 0.6 is 0 Å². The normalized spacial score (nSPS) is 13.4. The lowest BCUT2D eigenvalue weighted by Crippen LogP contribution is -2.26. The fraction of sp³-hybridized carbons (Fsp3) is 0.292. The summed E-state index contributed by atoms with van der Waals surface area (Å²) in [4.78, 5) is 23.4. The van der Waals surface area contributed by atoms with E-state index < -0.39 is 11.9 Å². The topological polar surface area (TPSA) is 120 Å². The summed E-state index contributed by atoms with van der Waals surface area (Å²) in [6, 6.07) is 16.9. The Kier molecular flexibility index (Phi) is 9.77. The molecule has 0 fully saturated rings. The van der Waals surface area contributed by atoms with Crippen molar-refractivity contribution in [1.82, 2.24) is 5.32 Å². The van der Waals surface area contributed by atoms with Crippen LogP contribution in [0.4, 0.5) is 5.69 Å². The van der Waals surface area contributed by atoms with Crippen molar-refractivity contribution in [3.05, 3.63) is 71.8 Å². The molecular weight excluding hydrogens is 410 g/mol.